The number of hydrogen-bond acceptors (Lipinski definition) is 4. The minimum atomic E-state index is 0.354. The Morgan fingerprint density at radius 2 is 2.00 bits per heavy atom. The number of nitrogens with one attached hydrogen (secondary N) is 1. The second-order valence-corrected chi connectivity index (χ2v) is 4.34. The van der Waals surface area contributed by atoms with E-state index in [1.807, 2.05) is 31.2 Å². The summed E-state index contributed by atoms with van der Waals surface area (Å²) in [6, 6.07) is 11.1. The van der Waals surface area contributed by atoms with E-state index in [0.717, 1.165) is 17.0 Å². The summed E-state index contributed by atoms with van der Waals surface area (Å²) in [6.45, 7) is 1.82. The Labute approximate surface area is 116 Å². The third-order valence-corrected chi connectivity index (χ3v) is 2.84. The highest BCUT2D eigenvalue weighted by Gasteiger charge is 2.09. The van der Waals surface area contributed by atoms with Crippen LogP contribution < -0.4 is 10.1 Å². The zero-order valence-electron chi connectivity index (χ0n) is 10.6. The van der Waals surface area contributed by atoms with Gasteiger partial charge in [0.15, 0.2) is 0 Å². The van der Waals surface area contributed by atoms with E-state index in [0.29, 0.717) is 16.5 Å². The number of nitrogens with zero attached hydrogens (tertiary/aromatic N) is 2. The summed E-state index contributed by atoms with van der Waals surface area (Å²) in [5.41, 5.74) is 2.09. The van der Waals surface area contributed by atoms with E-state index in [1.54, 1.807) is 13.2 Å². The SMILES string of the molecule is COc1ccc(Nc2nc(Cl)cc(C)c2C#N)cc1. The number of halogens is 1. The molecule has 0 fully saturated rings. The van der Waals surface area contributed by atoms with Crippen molar-refractivity contribution in [2.24, 2.45) is 0 Å². The molecule has 1 heterocycles. The first-order valence-corrected chi connectivity index (χ1v) is 6.00. The molecule has 0 saturated carbocycles. The summed E-state index contributed by atoms with van der Waals surface area (Å²) in [4.78, 5) is 4.14. The number of benzene rings is 1. The van der Waals surface area contributed by atoms with Gasteiger partial charge in [0.25, 0.3) is 0 Å². The van der Waals surface area contributed by atoms with Crippen molar-refractivity contribution in [1.82, 2.24) is 4.98 Å². The highest BCUT2D eigenvalue weighted by atomic mass is 35.5. The predicted octanol–water partition coefficient (Wildman–Crippen LogP) is 3.67. The number of ether oxygens (including phenoxy) is 1. The number of aryl methyl sites for hydroxylation is 1. The zero-order valence-corrected chi connectivity index (χ0v) is 11.3. The van der Waals surface area contributed by atoms with Gasteiger partial charge in [0.1, 0.15) is 22.8 Å². The Balaban J connectivity index is 2.34. The van der Waals surface area contributed by atoms with Crippen LogP contribution in [0.2, 0.25) is 5.15 Å². The van der Waals surface area contributed by atoms with Crippen LogP contribution in [0.4, 0.5) is 11.5 Å². The van der Waals surface area contributed by atoms with E-state index in [4.69, 9.17) is 21.6 Å². The zero-order chi connectivity index (χ0) is 13.8. The molecule has 0 bridgehead atoms. The third kappa shape index (κ3) is 2.95. The van der Waals surface area contributed by atoms with Gasteiger partial charge in [0.05, 0.1) is 12.7 Å². The highest BCUT2D eigenvalue weighted by molar-refractivity contribution is 6.29. The summed E-state index contributed by atoms with van der Waals surface area (Å²) >= 11 is 5.91. The van der Waals surface area contributed by atoms with E-state index in [1.165, 1.54) is 0 Å². The molecule has 4 nitrogen and oxygen atoms in total. The smallest absolute Gasteiger partial charge is 0.150 e. The van der Waals surface area contributed by atoms with E-state index in [9.17, 15) is 0 Å². The van der Waals surface area contributed by atoms with Crippen molar-refractivity contribution in [2.75, 3.05) is 12.4 Å². The molecule has 1 N–H and O–H groups in total. The van der Waals surface area contributed by atoms with Crippen LogP contribution in [0.5, 0.6) is 5.75 Å². The minimum absolute atomic E-state index is 0.354. The van der Waals surface area contributed by atoms with Crippen LogP contribution in [0, 0.1) is 18.3 Å². The first-order chi connectivity index (χ1) is 9.13. The number of rotatable bonds is 3. The van der Waals surface area contributed by atoms with Crippen molar-refractivity contribution in [3.05, 3.63) is 46.6 Å². The highest BCUT2D eigenvalue weighted by Crippen LogP contribution is 2.25. The van der Waals surface area contributed by atoms with Crippen LogP contribution in [0.3, 0.4) is 0 Å². The van der Waals surface area contributed by atoms with Gasteiger partial charge in [0.2, 0.25) is 0 Å². The number of pyridine rings is 1. The first-order valence-electron chi connectivity index (χ1n) is 5.62. The number of aromatic nitrogens is 1. The van der Waals surface area contributed by atoms with Gasteiger partial charge in [-0.2, -0.15) is 5.26 Å². The molecular weight excluding hydrogens is 262 g/mol. The predicted molar refractivity (Wildman–Crippen MR) is 75.0 cm³/mol. The maximum Gasteiger partial charge on any atom is 0.150 e. The normalized spacial score (nSPS) is 9.79. The molecule has 0 radical (unpaired) electrons. The molecule has 19 heavy (non-hydrogen) atoms. The molecule has 2 rings (SSSR count). The van der Waals surface area contributed by atoms with Crippen molar-refractivity contribution >= 4 is 23.1 Å². The second-order valence-electron chi connectivity index (χ2n) is 3.95. The summed E-state index contributed by atoms with van der Waals surface area (Å²) in [5, 5.41) is 12.6. The lowest BCUT2D eigenvalue weighted by atomic mass is 10.1. The molecule has 0 aliphatic rings. The number of methoxy groups -OCH3 is 1. The van der Waals surface area contributed by atoms with Crippen molar-refractivity contribution in [3.8, 4) is 11.8 Å². The Kier molecular flexibility index (Phi) is 3.88. The summed E-state index contributed by atoms with van der Waals surface area (Å²) in [7, 11) is 1.61. The van der Waals surface area contributed by atoms with E-state index in [-0.39, 0.29) is 0 Å². The van der Waals surface area contributed by atoms with Crippen molar-refractivity contribution in [2.45, 2.75) is 6.92 Å². The van der Waals surface area contributed by atoms with Crippen molar-refractivity contribution in [1.29, 1.82) is 5.26 Å². The quantitative estimate of drug-likeness (QED) is 0.867. The van der Waals surface area contributed by atoms with Crippen LogP contribution in [0.25, 0.3) is 0 Å². The van der Waals surface area contributed by atoms with Crippen LogP contribution >= 0.6 is 11.6 Å². The number of anilines is 2. The fourth-order valence-electron chi connectivity index (χ4n) is 1.68. The molecule has 0 saturated heterocycles. The van der Waals surface area contributed by atoms with Gasteiger partial charge in [-0.15, -0.1) is 0 Å². The number of nitriles is 1. The Morgan fingerprint density at radius 1 is 1.32 bits per heavy atom. The van der Waals surface area contributed by atoms with Crippen LogP contribution in [-0.4, -0.2) is 12.1 Å². The average molecular weight is 274 g/mol. The molecule has 2 aromatic rings. The van der Waals surface area contributed by atoms with E-state index in [2.05, 4.69) is 16.4 Å². The summed E-state index contributed by atoms with van der Waals surface area (Å²) in [6.07, 6.45) is 0. The lowest BCUT2D eigenvalue weighted by molar-refractivity contribution is 0.415. The molecule has 0 spiro atoms. The minimum Gasteiger partial charge on any atom is -0.497 e. The molecule has 1 aromatic heterocycles. The van der Waals surface area contributed by atoms with E-state index < -0.39 is 0 Å². The molecule has 0 aliphatic carbocycles. The van der Waals surface area contributed by atoms with Gasteiger partial charge >= 0.3 is 0 Å². The van der Waals surface area contributed by atoms with Gasteiger partial charge < -0.3 is 10.1 Å². The van der Waals surface area contributed by atoms with Crippen molar-refractivity contribution in [3.63, 3.8) is 0 Å². The topological polar surface area (TPSA) is 57.9 Å². The molecule has 0 aliphatic heterocycles. The maximum atomic E-state index is 9.16. The summed E-state index contributed by atoms with van der Waals surface area (Å²) < 4.78 is 5.09. The Bertz CT molecular complexity index is 632. The first kappa shape index (κ1) is 13.2. The molecule has 0 amide bonds. The molecule has 5 heteroatoms. The van der Waals surface area contributed by atoms with Crippen LogP contribution in [0.1, 0.15) is 11.1 Å². The van der Waals surface area contributed by atoms with Gasteiger partial charge in [-0.3, -0.25) is 0 Å². The fraction of sp³-hybridized carbons (Fsp3) is 0.143. The van der Waals surface area contributed by atoms with Gasteiger partial charge in [-0.25, -0.2) is 4.98 Å². The van der Waals surface area contributed by atoms with Gasteiger partial charge in [0, 0.05) is 5.69 Å². The standard InChI is InChI=1S/C14H12ClN3O/c1-9-7-13(15)18-14(12(9)8-16)17-10-3-5-11(19-2)6-4-10/h3-7H,1-2H3,(H,17,18). The largest absolute Gasteiger partial charge is 0.497 e. The Morgan fingerprint density at radius 3 is 2.58 bits per heavy atom. The molecule has 1 aromatic carbocycles. The average Bonchev–Trinajstić information content (AvgIpc) is 2.39. The second kappa shape index (κ2) is 5.59. The van der Waals surface area contributed by atoms with Gasteiger partial charge in [-0.1, -0.05) is 11.6 Å². The van der Waals surface area contributed by atoms with Crippen molar-refractivity contribution < 1.29 is 4.74 Å². The monoisotopic (exact) mass is 273 g/mol. The molecule has 0 atom stereocenters. The lowest BCUT2D eigenvalue weighted by Gasteiger charge is -2.10. The number of hydrogen-bond donors (Lipinski definition) is 1. The maximum absolute atomic E-state index is 9.16. The van der Waals surface area contributed by atoms with E-state index >= 15 is 0 Å². The summed E-state index contributed by atoms with van der Waals surface area (Å²) in [5.74, 6) is 1.22. The fourth-order valence-corrected chi connectivity index (χ4v) is 1.92. The third-order valence-electron chi connectivity index (χ3n) is 2.65. The molecule has 96 valence electrons. The molecular formula is C14H12ClN3O. The van der Waals surface area contributed by atoms with Gasteiger partial charge in [-0.05, 0) is 42.8 Å². The lowest BCUT2D eigenvalue weighted by Crippen LogP contribution is -1.99. The van der Waals surface area contributed by atoms with Crippen LogP contribution in [0.15, 0.2) is 30.3 Å². The molecule has 0 unspecified atom stereocenters. The Hall–Kier alpha value is -2.25. The van der Waals surface area contributed by atoms with Crippen LogP contribution in [-0.2, 0) is 0 Å².